The number of thiocarbonyl (C=S) groups is 1. The van der Waals surface area contributed by atoms with E-state index < -0.39 is 0 Å². The number of hydrogen-bond acceptors (Lipinski definition) is 2. The van der Waals surface area contributed by atoms with Gasteiger partial charge in [0.15, 0.2) is 0 Å². The van der Waals surface area contributed by atoms with Gasteiger partial charge in [0.2, 0.25) is 5.91 Å². The molecule has 1 aromatic rings. The maximum atomic E-state index is 11.8. The highest BCUT2D eigenvalue weighted by molar-refractivity contribution is 7.80. The van der Waals surface area contributed by atoms with Gasteiger partial charge in [-0.2, -0.15) is 0 Å². The molecule has 0 bridgehead atoms. The minimum atomic E-state index is -0.0125. The normalized spacial score (nSPS) is 11.9. The maximum Gasteiger partial charge on any atom is 0.224 e. The molecule has 0 spiro atoms. The maximum absolute atomic E-state index is 11.8. The molecular formula is C14H20N2OS. The molecule has 0 saturated heterocycles. The first kappa shape index (κ1) is 14.6. The molecule has 0 aromatic heterocycles. The Kier molecular flexibility index (Phi) is 5.28. The van der Waals surface area contributed by atoms with E-state index in [4.69, 9.17) is 18.0 Å². The smallest absolute Gasteiger partial charge is 0.224 e. The lowest BCUT2D eigenvalue weighted by atomic mass is 10.0. The van der Waals surface area contributed by atoms with E-state index >= 15 is 0 Å². The highest BCUT2D eigenvalue weighted by Crippen LogP contribution is 2.10. The lowest BCUT2D eigenvalue weighted by Crippen LogP contribution is -2.36. The van der Waals surface area contributed by atoms with Crippen LogP contribution in [0, 0.1) is 13.8 Å². The van der Waals surface area contributed by atoms with Crippen LogP contribution in [-0.4, -0.2) is 16.9 Å². The molecule has 0 saturated carbocycles. The fourth-order valence-corrected chi connectivity index (χ4v) is 2.03. The highest BCUT2D eigenvalue weighted by Gasteiger charge is 2.09. The molecule has 0 radical (unpaired) electrons. The summed E-state index contributed by atoms with van der Waals surface area (Å²) in [5.41, 5.74) is 8.91. The first-order valence-corrected chi connectivity index (χ1v) is 6.43. The van der Waals surface area contributed by atoms with Crippen LogP contribution in [0.4, 0.5) is 0 Å². The van der Waals surface area contributed by atoms with Crippen molar-refractivity contribution >= 4 is 23.1 Å². The molecule has 3 N–H and O–H groups in total. The second-order valence-corrected chi connectivity index (χ2v) is 5.26. The van der Waals surface area contributed by atoms with E-state index in [1.54, 1.807) is 0 Å². The van der Waals surface area contributed by atoms with Crippen molar-refractivity contribution in [2.24, 2.45) is 5.73 Å². The second-order valence-electron chi connectivity index (χ2n) is 4.73. The first-order chi connectivity index (χ1) is 8.38. The van der Waals surface area contributed by atoms with Crippen LogP contribution in [0.25, 0.3) is 0 Å². The number of amides is 1. The van der Waals surface area contributed by atoms with Gasteiger partial charge in [-0.1, -0.05) is 30.4 Å². The standard InChI is InChI=1S/C14H20N2OS/c1-9-4-5-12(6-10(9)2)8-14(17)16-11(3)7-13(15)18/h4-6,11H,7-8H2,1-3H3,(H2,15,18)(H,16,17). The molecule has 1 atom stereocenters. The summed E-state index contributed by atoms with van der Waals surface area (Å²) in [6.07, 6.45) is 0.927. The van der Waals surface area contributed by atoms with Crippen molar-refractivity contribution in [3.8, 4) is 0 Å². The van der Waals surface area contributed by atoms with Gasteiger partial charge in [0, 0.05) is 12.5 Å². The molecule has 1 amide bonds. The van der Waals surface area contributed by atoms with Crippen LogP contribution >= 0.6 is 12.2 Å². The average Bonchev–Trinajstić information content (AvgIpc) is 2.21. The number of aryl methyl sites for hydroxylation is 2. The molecule has 3 nitrogen and oxygen atoms in total. The predicted molar refractivity (Wildman–Crippen MR) is 78.6 cm³/mol. The van der Waals surface area contributed by atoms with Gasteiger partial charge in [0.25, 0.3) is 0 Å². The van der Waals surface area contributed by atoms with Gasteiger partial charge in [-0.3, -0.25) is 4.79 Å². The van der Waals surface area contributed by atoms with Crippen LogP contribution in [0.5, 0.6) is 0 Å². The summed E-state index contributed by atoms with van der Waals surface area (Å²) >= 11 is 4.81. The second kappa shape index (κ2) is 6.50. The highest BCUT2D eigenvalue weighted by atomic mass is 32.1. The van der Waals surface area contributed by atoms with Crippen LogP contribution in [0.3, 0.4) is 0 Å². The van der Waals surface area contributed by atoms with Crippen LogP contribution in [0.2, 0.25) is 0 Å². The van der Waals surface area contributed by atoms with Crippen molar-refractivity contribution in [1.29, 1.82) is 0 Å². The van der Waals surface area contributed by atoms with E-state index in [9.17, 15) is 4.79 Å². The summed E-state index contributed by atoms with van der Waals surface area (Å²) in [4.78, 5) is 12.2. The van der Waals surface area contributed by atoms with Gasteiger partial charge in [-0.15, -0.1) is 0 Å². The zero-order valence-electron chi connectivity index (χ0n) is 11.1. The molecule has 4 heteroatoms. The van der Waals surface area contributed by atoms with E-state index in [0.717, 1.165) is 5.56 Å². The van der Waals surface area contributed by atoms with E-state index in [0.29, 0.717) is 17.8 Å². The number of hydrogen-bond donors (Lipinski definition) is 2. The minimum Gasteiger partial charge on any atom is -0.393 e. The average molecular weight is 264 g/mol. The number of carbonyl (C=O) groups excluding carboxylic acids is 1. The fourth-order valence-electron chi connectivity index (χ4n) is 1.78. The molecule has 98 valence electrons. The lowest BCUT2D eigenvalue weighted by molar-refractivity contribution is -0.120. The van der Waals surface area contributed by atoms with Crippen LogP contribution in [0.1, 0.15) is 30.0 Å². The Morgan fingerprint density at radius 3 is 2.61 bits per heavy atom. The molecule has 0 heterocycles. The third-order valence-corrected chi connectivity index (χ3v) is 3.02. The Labute approximate surface area is 114 Å². The predicted octanol–water partition coefficient (Wildman–Crippen LogP) is 2.03. The number of rotatable bonds is 5. The van der Waals surface area contributed by atoms with E-state index in [1.165, 1.54) is 11.1 Å². The quantitative estimate of drug-likeness (QED) is 0.800. The van der Waals surface area contributed by atoms with Gasteiger partial charge in [0.1, 0.15) is 0 Å². The first-order valence-electron chi connectivity index (χ1n) is 6.02. The van der Waals surface area contributed by atoms with Gasteiger partial charge in [-0.05, 0) is 37.5 Å². The van der Waals surface area contributed by atoms with Gasteiger partial charge >= 0.3 is 0 Å². The molecule has 0 aliphatic carbocycles. The summed E-state index contributed by atoms with van der Waals surface area (Å²) in [7, 11) is 0. The largest absolute Gasteiger partial charge is 0.393 e. The Morgan fingerprint density at radius 2 is 2.06 bits per heavy atom. The molecule has 18 heavy (non-hydrogen) atoms. The van der Waals surface area contributed by atoms with Gasteiger partial charge in [-0.25, -0.2) is 0 Å². The Hall–Kier alpha value is -1.42. The Bertz CT molecular complexity index is 457. The lowest BCUT2D eigenvalue weighted by Gasteiger charge is -2.13. The molecular weight excluding hydrogens is 244 g/mol. The third kappa shape index (κ3) is 4.84. The van der Waals surface area contributed by atoms with Gasteiger partial charge in [0.05, 0.1) is 11.4 Å². The van der Waals surface area contributed by atoms with E-state index in [2.05, 4.69) is 12.2 Å². The number of nitrogens with two attached hydrogens (primary N) is 1. The van der Waals surface area contributed by atoms with Crippen molar-refractivity contribution in [1.82, 2.24) is 5.32 Å². The molecule has 0 fully saturated rings. The summed E-state index contributed by atoms with van der Waals surface area (Å²) in [6.45, 7) is 6.01. The van der Waals surface area contributed by atoms with E-state index in [1.807, 2.05) is 32.0 Å². The number of benzene rings is 1. The third-order valence-electron chi connectivity index (χ3n) is 2.85. The summed E-state index contributed by atoms with van der Waals surface area (Å²) in [6, 6.07) is 6.06. The topological polar surface area (TPSA) is 55.1 Å². The zero-order chi connectivity index (χ0) is 13.7. The SMILES string of the molecule is Cc1ccc(CC(=O)NC(C)CC(N)=S)cc1C. The van der Waals surface area contributed by atoms with Crippen molar-refractivity contribution < 1.29 is 4.79 Å². The fraction of sp³-hybridized carbons (Fsp3) is 0.429. The monoisotopic (exact) mass is 264 g/mol. The molecule has 0 aliphatic heterocycles. The van der Waals surface area contributed by atoms with E-state index in [-0.39, 0.29) is 11.9 Å². The molecule has 1 aromatic carbocycles. The number of carbonyl (C=O) groups is 1. The van der Waals surface area contributed by atoms with Crippen molar-refractivity contribution in [3.05, 3.63) is 34.9 Å². The van der Waals surface area contributed by atoms with Crippen molar-refractivity contribution in [2.45, 2.75) is 39.7 Å². The molecule has 0 aliphatic rings. The zero-order valence-corrected chi connectivity index (χ0v) is 11.9. The summed E-state index contributed by atoms with van der Waals surface area (Å²) in [5.74, 6) is 0.00185. The van der Waals surface area contributed by atoms with Crippen LogP contribution in [-0.2, 0) is 11.2 Å². The van der Waals surface area contributed by atoms with Crippen molar-refractivity contribution in [3.63, 3.8) is 0 Å². The van der Waals surface area contributed by atoms with Crippen LogP contribution < -0.4 is 11.1 Å². The molecule has 1 unspecified atom stereocenters. The molecule has 1 rings (SSSR count). The van der Waals surface area contributed by atoms with Crippen LogP contribution in [0.15, 0.2) is 18.2 Å². The Balaban J connectivity index is 2.54. The van der Waals surface area contributed by atoms with Gasteiger partial charge < -0.3 is 11.1 Å². The number of nitrogens with one attached hydrogen (secondary N) is 1. The minimum absolute atomic E-state index is 0.00185. The Morgan fingerprint density at radius 1 is 1.39 bits per heavy atom. The summed E-state index contributed by atoms with van der Waals surface area (Å²) < 4.78 is 0. The van der Waals surface area contributed by atoms with Crippen molar-refractivity contribution in [2.75, 3.05) is 0 Å². The summed E-state index contributed by atoms with van der Waals surface area (Å²) in [5, 5.41) is 2.89.